The van der Waals surface area contributed by atoms with Gasteiger partial charge < -0.3 is 9.64 Å². The van der Waals surface area contributed by atoms with Crippen molar-refractivity contribution in [3.63, 3.8) is 0 Å². The van der Waals surface area contributed by atoms with Gasteiger partial charge in [0.2, 0.25) is 5.91 Å². The second-order valence-corrected chi connectivity index (χ2v) is 5.22. The van der Waals surface area contributed by atoms with Gasteiger partial charge in [0.1, 0.15) is 5.75 Å². The van der Waals surface area contributed by atoms with E-state index < -0.39 is 0 Å². The van der Waals surface area contributed by atoms with Crippen LogP contribution in [0.4, 0.5) is 0 Å². The second kappa shape index (κ2) is 5.43. The topological polar surface area (TPSA) is 78.3 Å². The normalized spacial score (nSPS) is 24.8. The van der Waals surface area contributed by atoms with Gasteiger partial charge in [-0.25, -0.2) is 0 Å². The number of carbonyl (C=O) groups excluding carboxylic acids is 1. The zero-order valence-electron chi connectivity index (χ0n) is 11.1. The number of hydrogen-bond donors (Lipinski definition) is 0. The Labute approximate surface area is 117 Å². The minimum atomic E-state index is 0.0866. The summed E-state index contributed by atoms with van der Waals surface area (Å²) in [6.45, 7) is 1.69. The Morgan fingerprint density at radius 2 is 2.30 bits per heavy atom. The molecule has 104 valence electrons. The standard InChI is InChI=1S/C14H16N4O2/c15-17-16-8-10-7-14(19)18(9-10)12-5-6-20-13-4-2-1-3-11(12)13/h1-4,10,12H,5-9H2. The summed E-state index contributed by atoms with van der Waals surface area (Å²) >= 11 is 0. The molecule has 0 N–H and O–H groups in total. The molecule has 0 aromatic heterocycles. The van der Waals surface area contributed by atoms with E-state index >= 15 is 0 Å². The van der Waals surface area contributed by atoms with Gasteiger partial charge in [0.25, 0.3) is 0 Å². The maximum atomic E-state index is 12.2. The van der Waals surface area contributed by atoms with Crippen molar-refractivity contribution < 1.29 is 9.53 Å². The van der Waals surface area contributed by atoms with E-state index in [1.807, 2.05) is 29.2 Å². The van der Waals surface area contributed by atoms with Crippen molar-refractivity contribution in [3.8, 4) is 5.75 Å². The van der Waals surface area contributed by atoms with Gasteiger partial charge in [0.05, 0.1) is 12.6 Å². The SMILES string of the molecule is [N-]=[N+]=NCC1CC(=O)N(C2CCOc3ccccc32)C1. The molecule has 1 saturated heterocycles. The Kier molecular flexibility index (Phi) is 3.48. The van der Waals surface area contributed by atoms with Crippen LogP contribution in [0, 0.1) is 5.92 Å². The van der Waals surface area contributed by atoms with Crippen molar-refractivity contribution in [1.82, 2.24) is 4.90 Å². The molecule has 2 unspecified atom stereocenters. The highest BCUT2D eigenvalue weighted by Gasteiger charge is 2.36. The first-order valence-electron chi connectivity index (χ1n) is 6.81. The number of amides is 1. The van der Waals surface area contributed by atoms with E-state index in [9.17, 15) is 4.79 Å². The molecule has 0 spiro atoms. The molecule has 2 aliphatic heterocycles. The summed E-state index contributed by atoms with van der Waals surface area (Å²) < 4.78 is 5.64. The van der Waals surface area contributed by atoms with Crippen LogP contribution in [-0.4, -0.2) is 30.5 Å². The maximum Gasteiger partial charge on any atom is 0.223 e. The number of ether oxygens (including phenoxy) is 1. The molecular formula is C14H16N4O2. The predicted molar refractivity (Wildman–Crippen MR) is 73.1 cm³/mol. The summed E-state index contributed by atoms with van der Waals surface area (Å²) in [6.07, 6.45) is 1.29. The number of likely N-dealkylation sites (tertiary alicyclic amines) is 1. The van der Waals surface area contributed by atoms with E-state index in [4.69, 9.17) is 10.3 Å². The summed E-state index contributed by atoms with van der Waals surface area (Å²) in [5.74, 6) is 1.15. The molecule has 1 fully saturated rings. The molecule has 3 rings (SSSR count). The molecule has 0 aliphatic carbocycles. The van der Waals surface area contributed by atoms with Gasteiger partial charge in [0.15, 0.2) is 0 Å². The number of benzene rings is 1. The summed E-state index contributed by atoms with van der Waals surface area (Å²) in [4.78, 5) is 16.9. The second-order valence-electron chi connectivity index (χ2n) is 5.22. The van der Waals surface area contributed by atoms with Gasteiger partial charge in [-0.05, 0) is 17.5 Å². The average Bonchev–Trinajstić information content (AvgIpc) is 2.85. The minimum absolute atomic E-state index is 0.0866. The van der Waals surface area contributed by atoms with Crippen molar-refractivity contribution in [1.29, 1.82) is 0 Å². The van der Waals surface area contributed by atoms with Crippen LogP contribution in [0.5, 0.6) is 5.75 Å². The highest BCUT2D eigenvalue weighted by molar-refractivity contribution is 5.79. The molecule has 2 heterocycles. The van der Waals surface area contributed by atoms with Crippen molar-refractivity contribution in [2.45, 2.75) is 18.9 Å². The number of para-hydroxylation sites is 1. The predicted octanol–water partition coefficient (Wildman–Crippen LogP) is 2.67. The van der Waals surface area contributed by atoms with Gasteiger partial charge in [-0.1, -0.05) is 23.3 Å². The van der Waals surface area contributed by atoms with Crippen LogP contribution in [0.25, 0.3) is 10.4 Å². The maximum absolute atomic E-state index is 12.2. The molecule has 1 amide bonds. The molecule has 2 aliphatic rings. The van der Waals surface area contributed by atoms with Crippen LogP contribution in [0.3, 0.4) is 0 Å². The van der Waals surface area contributed by atoms with E-state index in [0.29, 0.717) is 26.1 Å². The lowest BCUT2D eigenvalue weighted by Crippen LogP contribution is -2.33. The minimum Gasteiger partial charge on any atom is -0.493 e. The van der Waals surface area contributed by atoms with E-state index in [1.54, 1.807) is 0 Å². The molecule has 2 atom stereocenters. The molecule has 1 aromatic carbocycles. The third-order valence-corrected chi connectivity index (χ3v) is 3.94. The van der Waals surface area contributed by atoms with Crippen molar-refractivity contribution in [2.24, 2.45) is 11.0 Å². The molecule has 1 aromatic rings. The quantitative estimate of drug-likeness (QED) is 0.481. The van der Waals surface area contributed by atoms with E-state index in [2.05, 4.69) is 10.0 Å². The Hall–Kier alpha value is -2.20. The summed E-state index contributed by atoms with van der Waals surface area (Å²) in [7, 11) is 0. The van der Waals surface area contributed by atoms with Crippen LogP contribution in [0.1, 0.15) is 24.4 Å². The Bertz CT molecular complexity index is 568. The lowest BCUT2D eigenvalue weighted by molar-refractivity contribution is -0.130. The third kappa shape index (κ3) is 2.30. The van der Waals surface area contributed by atoms with Crippen molar-refractivity contribution in [2.75, 3.05) is 19.7 Å². The Morgan fingerprint density at radius 1 is 1.45 bits per heavy atom. The Morgan fingerprint density at radius 3 is 3.15 bits per heavy atom. The lowest BCUT2D eigenvalue weighted by Gasteiger charge is -2.33. The number of azide groups is 1. The monoisotopic (exact) mass is 272 g/mol. The highest BCUT2D eigenvalue weighted by Crippen LogP contribution is 2.38. The lowest BCUT2D eigenvalue weighted by atomic mass is 9.99. The number of rotatable bonds is 3. The fourth-order valence-corrected chi connectivity index (χ4v) is 3.03. The van der Waals surface area contributed by atoms with Crippen molar-refractivity contribution in [3.05, 3.63) is 40.3 Å². The zero-order chi connectivity index (χ0) is 13.9. The fourth-order valence-electron chi connectivity index (χ4n) is 3.03. The first-order valence-corrected chi connectivity index (χ1v) is 6.81. The first-order chi connectivity index (χ1) is 9.79. The largest absolute Gasteiger partial charge is 0.493 e. The van der Waals surface area contributed by atoms with E-state index in [0.717, 1.165) is 17.7 Å². The fraction of sp³-hybridized carbons (Fsp3) is 0.500. The van der Waals surface area contributed by atoms with E-state index in [1.165, 1.54) is 0 Å². The number of carbonyl (C=O) groups is 1. The summed E-state index contributed by atoms with van der Waals surface area (Å²) in [5, 5.41) is 3.59. The molecule has 0 saturated carbocycles. The molecule has 6 heteroatoms. The van der Waals surface area contributed by atoms with Gasteiger partial charge in [0, 0.05) is 36.4 Å². The molecular weight excluding hydrogens is 256 g/mol. The first kappa shape index (κ1) is 12.8. The summed E-state index contributed by atoms with van der Waals surface area (Å²) in [6, 6.07) is 7.96. The van der Waals surface area contributed by atoms with Crippen LogP contribution in [-0.2, 0) is 4.79 Å². The smallest absolute Gasteiger partial charge is 0.223 e. The summed E-state index contributed by atoms with van der Waals surface area (Å²) in [5.41, 5.74) is 9.46. The molecule has 20 heavy (non-hydrogen) atoms. The number of hydrogen-bond acceptors (Lipinski definition) is 3. The zero-order valence-corrected chi connectivity index (χ0v) is 11.1. The van der Waals surface area contributed by atoms with Gasteiger partial charge in [-0.3, -0.25) is 4.79 Å². The van der Waals surface area contributed by atoms with Gasteiger partial charge in [-0.15, -0.1) is 0 Å². The average molecular weight is 272 g/mol. The van der Waals surface area contributed by atoms with Crippen molar-refractivity contribution >= 4 is 5.91 Å². The molecule has 6 nitrogen and oxygen atoms in total. The van der Waals surface area contributed by atoms with Crippen LogP contribution in [0.15, 0.2) is 29.4 Å². The van der Waals surface area contributed by atoms with Crippen LogP contribution < -0.4 is 4.74 Å². The molecule has 0 bridgehead atoms. The number of fused-ring (bicyclic) bond motifs is 1. The third-order valence-electron chi connectivity index (χ3n) is 3.94. The van der Waals surface area contributed by atoms with Crippen LogP contribution >= 0.6 is 0 Å². The Balaban J connectivity index is 1.80. The van der Waals surface area contributed by atoms with Gasteiger partial charge in [-0.2, -0.15) is 0 Å². The van der Waals surface area contributed by atoms with Crippen LogP contribution in [0.2, 0.25) is 0 Å². The number of nitrogens with zero attached hydrogens (tertiary/aromatic N) is 4. The van der Waals surface area contributed by atoms with E-state index in [-0.39, 0.29) is 17.9 Å². The molecule has 0 radical (unpaired) electrons. The highest BCUT2D eigenvalue weighted by atomic mass is 16.5. The van der Waals surface area contributed by atoms with Gasteiger partial charge >= 0.3 is 0 Å².